The molecule has 0 aromatic carbocycles. The van der Waals surface area contributed by atoms with Gasteiger partial charge in [0.1, 0.15) is 0 Å². The van der Waals surface area contributed by atoms with Gasteiger partial charge in [0.2, 0.25) is 0 Å². The van der Waals surface area contributed by atoms with Crippen LogP contribution in [0, 0.1) is 0 Å². The van der Waals surface area contributed by atoms with E-state index in [1.54, 1.807) is 0 Å². The van der Waals surface area contributed by atoms with Gasteiger partial charge in [-0.15, -0.1) is 0 Å². The standard InChI is InChI=1S/C16H33Br.C3H9N.H3P/c1-2-3-4-5-6-7-8-9-10-11-12-13-14-15-16-17;1-4(2)3;/h2-16H2,1H3;1-3H3;1H3. The minimum absolute atomic E-state index is 0. The van der Waals surface area contributed by atoms with Crippen LogP contribution in [0.25, 0.3) is 0 Å². The minimum atomic E-state index is 0. The van der Waals surface area contributed by atoms with E-state index in [9.17, 15) is 0 Å². The molecule has 1 unspecified atom stereocenters. The summed E-state index contributed by atoms with van der Waals surface area (Å²) in [5.74, 6) is 0. The lowest BCUT2D eigenvalue weighted by Gasteiger charge is -2.02. The highest BCUT2D eigenvalue weighted by molar-refractivity contribution is 9.09. The smallest absolute Gasteiger partial charge is 0.00313 e. The maximum absolute atomic E-state index is 3.48. The second-order valence-electron chi connectivity index (χ2n) is 6.63. The molecule has 0 heterocycles. The van der Waals surface area contributed by atoms with Crippen molar-refractivity contribution in [2.75, 3.05) is 26.5 Å². The molecule has 0 rings (SSSR count). The van der Waals surface area contributed by atoms with E-state index < -0.39 is 0 Å². The molecule has 0 aliphatic carbocycles. The van der Waals surface area contributed by atoms with E-state index >= 15 is 0 Å². The fraction of sp³-hybridized carbons (Fsp3) is 1.00. The van der Waals surface area contributed by atoms with Crippen molar-refractivity contribution in [1.29, 1.82) is 0 Å². The summed E-state index contributed by atoms with van der Waals surface area (Å²) in [6.45, 7) is 2.29. The summed E-state index contributed by atoms with van der Waals surface area (Å²) in [5.41, 5.74) is 0. The van der Waals surface area contributed by atoms with Crippen molar-refractivity contribution in [2.45, 2.75) is 96.8 Å². The molecule has 0 radical (unpaired) electrons. The van der Waals surface area contributed by atoms with Crippen molar-refractivity contribution in [3.8, 4) is 0 Å². The molecular weight excluding hydrogens is 353 g/mol. The van der Waals surface area contributed by atoms with E-state index in [1.807, 2.05) is 26.0 Å². The van der Waals surface area contributed by atoms with E-state index in [2.05, 4.69) is 22.9 Å². The molecule has 0 aromatic heterocycles. The maximum atomic E-state index is 3.48. The first-order valence-corrected chi connectivity index (χ1v) is 10.4. The van der Waals surface area contributed by atoms with Crippen molar-refractivity contribution < 1.29 is 0 Å². The molecule has 0 spiro atoms. The highest BCUT2D eigenvalue weighted by Crippen LogP contribution is 2.12. The van der Waals surface area contributed by atoms with Crippen LogP contribution in [-0.2, 0) is 0 Å². The van der Waals surface area contributed by atoms with Crippen molar-refractivity contribution in [1.82, 2.24) is 4.90 Å². The van der Waals surface area contributed by atoms with Gasteiger partial charge < -0.3 is 4.90 Å². The van der Waals surface area contributed by atoms with Gasteiger partial charge in [0.15, 0.2) is 0 Å². The summed E-state index contributed by atoms with van der Waals surface area (Å²) < 4.78 is 0. The van der Waals surface area contributed by atoms with Gasteiger partial charge in [-0.1, -0.05) is 106 Å². The van der Waals surface area contributed by atoms with Gasteiger partial charge in [-0.25, -0.2) is 0 Å². The summed E-state index contributed by atoms with van der Waals surface area (Å²) in [5, 5.41) is 1.19. The Hall–Kier alpha value is 0.870. The van der Waals surface area contributed by atoms with Gasteiger partial charge in [-0.05, 0) is 27.6 Å². The molecule has 0 aliphatic heterocycles. The van der Waals surface area contributed by atoms with Crippen LogP contribution in [0.4, 0.5) is 0 Å². The normalized spacial score (nSPS) is 10.1. The number of halogens is 1. The molecule has 3 heteroatoms. The lowest BCUT2D eigenvalue weighted by Crippen LogP contribution is -1.99. The fourth-order valence-electron chi connectivity index (χ4n) is 2.29. The summed E-state index contributed by atoms with van der Waals surface area (Å²) >= 11 is 3.48. The number of hydrogen-bond acceptors (Lipinski definition) is 1. The van der Waals surface area contributed by atoms with E-state index in [-0.39, 0.29) is 9.90 Å². The highest BCUT2D eigenvalue weighted by Gasteiger charge is 1.93. The van der Waals surface area contributed by atoms with Crippen LogP contribution in [0.3, 0.4) is 0 Å². The Morgan fingerprint density at radius 2 is 0.773 bits per heavy atom. The molecular formula is C19H45BrNP. The summed E-state index contributed by atoms with van der Waals surface area (Å²) in [6.07, 6.45) is 20.3. The van der Waals surface area contributed by atoms with Crippen molar-refractivity contribution >= 4 is 25.8 Å². The molecule has 0 bridgehead atoms. The number of nitrogens with zero attached hydrogens (tertiary/aromatic N) is 1. The fourth-order valence-corrected chi connectivity index (χ4v) is 2.69. The van der Waals surface area contributed by atoms with Crippen LogP contribution >= 0.6 is 25.8 Å². The second kappa shape index (κ2) is 26.8. The predicted octanol–water partition coefficient (Wildman–Crippen LogP) is 7.10. The van der Waals surface area contributed by atoms with Gasteiger partial charge in [-0.2, -0.15) is 9.90 Å². The van der Waals surface area contributed by atoms with Crippen LogP contribution in [0.1, 0.15) is 96.8 Å². The Bertz CT molecular complexity index is 149. The van der Waals surface area contributed by atoms with E-state index in [0.717, 1.165) is 0 Å². The Balaban J connectivity index is -0.000000640. The average Bonchev–Trinajstić information content (AvgIpc) is 2.43. The second-order valence-corrected chi connectivity index (χ2v) is 7.42. The van der Waals surface area contributed by atoms with Crippen molar-refractivity contribution in [2.24, 2.45) is 0 Å². The lowest BCUT2D eigenvalue weighted by molar-refractivity contribution is 0.505. The Labute approximate surface area is 154 Å². The van der Waals surface area contributed by atoms with Gasteiger partial charge in [-0.3, -0.25) is 0 Å². The molecule has 1 atom stereocenters. The maximum Gasteiger partial charge on any atom is 0.00313 e. The van der Waals surface area contributed by atoms with Crippen LogP contribution in [-0.4, -0.2) is 31.4 Å². The first-order valence-electron chi connectivity index (χ1n) is 9.32. The van der Waals surface area contributed by atoms with E-state index in [4.69, 9.17) is 0 Å². The largest absolute Gasteiger partial charge is 0.312 e. The molecule has 0 saturated carbocycles. The number of unbranched alkanes of at least 4 members (excludes halogenated alkanes) is 13. The summed E-state index contributed by atoms with van der Waals surface area (Å²) in [4.78, 5) is 2.00. The SMILES string of the molecule is CCCCCCCCCCCCCCCCBr.CN(C)C.P. The number of rotatable bonds is 14. The monoisotopic (exact) mass is 397 g/mol. The van der Waals surface area contributed by atoms with Crippen LogP contribution in [0.15, 0.2) is 0 Å². The van der Waals surface area contributed by atoms with Crippen molar-refractivity contribution in [3.63, 3.8) is 0 Å². The van der Waals surface area contributed by atoms with Gasteiger partial charge in [0, 0.05) is 5.33 Å². The Morgan fingerprint density at radius 3 is 1.00 bits per heavy atom. The van der Waals surface area contributed by atoms with Crippen LogP contribution < -0.4 is 0 Å². The van der Waals surface area contributed by atoms with Gasteiger partial charge in [0.05, 0.1) is 0 Å². The third kappa shape index (κ3) is 37.3. The molecule has 0 aliphatic rings. The van der Waals surface area contributed by atoms with E-state index in [0.29, 0.717) is 0 Å². The highest BCUT2D eigenvalue weighted by atomic mass is 79.9. The van der Waals surface area contributed by atoms with Gasteiger partial charge >= 0.3 is 0 Å². The Kier molecular flexibility index (Phi) is 33.7. The van der Waals surface area contributed by atoms with Gasteiger partial charge in [0.25, 0.3) is 0 Å². The molecule has 1 nitrogen and oxygen atoms in total. The third-order valence-electron chi connectivity index (χ3n) is 3.49. The minimum Gasteiger partial charge on any atom is -0.312 e. The van der Waals surface area contributed by atoms with Crippen LogP contribution in [0.5, 0.6) is 0 Å². The van der Waals surface area contributed by atoms with Crippen molar-refractivity contribution in [3.05, 3.63) is 0 Å². The zero-order valence-electron chi connectivity index (χ0n) is 16.1. The molecule has 22 heavy (non-hydrogen) atoms. The predicted molar refractivity (Wildman–Crippen MR) is 115 cm³/mol. The number of alkyl halides is 1. The quantitative estimate of drug-likeness (QED) is 0.171. The van der Waals surface area contributed by atoms with E-state index in [1.165, 1.54) is 95.2 Å². The first-order chi connectivity index (χ1) is 10.1. The first kappa shape index (κ1) is 27.7. The molecule has 0 fully saturated rings. The molecule has 138 valence electrons. The topological polar surface area (TPSA) is 3.24 Å². The zero-order chi connectivity index (χ0) is 16.2. The lowest BCUT2D eigenvalue weighted by atomic mass is 10.0. The molecule has 0 N–H and O–H groups in total. The molecule has 0 saturated heterocycles. The third-order valence-corrected chi connectivity index (χ3v) is 4.05. The van der Waals surface area contributed by atoms with Crippen LogP contribution in [0.2, 0.25) is 0 Å². The average molecular weight is 398 g/mol. The molecule has 0 amide bonds. The molecule has 0 aromatic rings. The zero-order valence-corrected chi connectivity index (χ0v) is 19.1. The summed E-state index contributed by atoms with van der Waals surface area (Å²) in [7, 11) is 6.00. The summed E-state index contributed by atoms with van der Waals surface area (Å²) in [6, 6.07) is 0. The Morgan fingerprint density at radius 1 is 0.545 bits per heavy atom. The number of hydrogen-bond donors (Lipinski definition) is 0.